The Balaban J connectivity index is 1.66. The summed E-state index contributed by atoms with van der Waals surface area (Å²) in [6, 6.07) is 9.57. The first kappa shape index (κ1) is 19.3. The molecule has 1 aromatic carbocycles. The van der Waals surface area contributed by atoms with Crippen LogP contribution in [0, 0.1) is 0 Å². The van der Waals surface area contributed by atoms with E-state index >= 15 is 0 Å². The second-order valence-electron chi connectivity index (χ2n) is 7.57. The smallest absolute Gasteiger partial charge is 0.252 e. The Hall–Kier alpha value is -2.43. The van der Waals surface area contributed by atoms with Gasteiger partial charge in [0.1, 0.15) is 0 Å². The Labute approximate surface area is 161 Å². The van der Waals surface area contributed by atoms with Crippen molar-refractivity contribution in [2.75, 3.05) is 19.6 Å². The highest BCUT2D eigenvalue weighted by atomic mass is 16.2. The molecule has 0 aliphatic carbocycles. The first-order valence-corrected chi connectivity index (χ1v) is 10.0. The molecule has 1 aromatic heterocycles. The van der Waals surface area contributed by atoms with Crippen LogP contribution in [0.4, 0.5) is 0 Å². The van der Waals surface area contributed by atoms with Gasteiger partial charge in [0.2, 0.25) is 5.91 Å². The SMILES string of the molecule is CC(C)c1cc(C(=O)NCCC(=O)N2CCCCCC2)c2ccccc2n1. The van der Waals surface area contributed by atoms with Gasteiger partial charge in [-0.3, -0.25) is 14.6 Å². The van der Waals surface area contributed by atoms with Gasteiger partial charge < -0.3 is 10.2 Å². The van der Waals surface area contributed by atoms with Crippen LogP contribution in [-0.2, 0) is 4.79 Å². The van der Waals surface area contributed by atoms with Gasteiger partial charge in [-0.25, -0.2) is 0 Å². The lowest BCUT2D eigenvalue weighted by Crippen LogP contribution is -2.35. The molecule has 0 spiro atoms. The summed E-state index contributed by atoms with van der Waals surface area (Å²) in [6.07, 6.45) is 4.92. The number of likely N-dealkylation sites (tertiary alicyclic amines) is 1. The molecule has 1 aliphatic heterocycles. The molecule has 5 heteroatoms. The van der Waals surface area contributed by atoms with Crippen LogP contribution in [0.2, 0.25) is 0 Å². The molecule has 1 saturated heterocycles. The highest BCUT2D eigenvalue weighted by molar-refractivity contribution is 6.06. The molecule has 1 fully saturated rings. The van der Waals surface area contributed by atoms with Crippen molar-refractivity contribution in [1.29, 1.82) is 0 Å². The molecule has 0 saturated carbocycles. The fourth-order valence-electron chi connectivity index (χ4n) is 3.54. The number of carbonyl (C=O) groups is 2. The van der Waals surface area contributed by atoms with Crippen LogP contribution in [0.25, 0.3) is 10.9 Å². The summed E-state index contributed by atoms with van der Waals surface area (Å²) >= 11 is 0. The van der Waals surface area contributed by atoms with Crippen LogP contribution in [0.5, 0.6) is 0 Å². The van der Waals surface area contributed by atoms with E-state index in [-0.39, 0.29) is 17.7 Å². The number of rotatable bonds is 5. The third-order valence-corrected chi connectivity index (χ3v) is 5.16. The van der Waals surface area contributed by atoms with E-state index in [4.69, 9.17) is 0 Å². The van der Waals surface area contributed by atoms with E-state index in [2.05, 4.69) is 24.1 Å². The Morgan fingerprint density at radius 3 is 2.52 bits per heavy atom. The fraction of sp³-hybridized carbons (Fsp3) is 0.500. The molecule has 3 rings (SSSR count). The molecule has 2 amide bonds. The van der Waals surface area contributed by atoms with Gasteiger partial charge in [0.15, 0.2) is 0 Å². The van der Waals surface area contributed by atoms with Crippen LogP contribution >= 0.6 is 0 Å². The Kier molecular flexibility index (Phi) is 6.43. The van der Waals surface area contributed by atoms with Crippen molar-refractivity contribution in [3.63, 3.8) is 0 Å². The maximum absolute atomic E-state index is 12.8. The zero-order chi connectivity index (χ0) is 19.2. The van der Waals surface area contributed by atoms with Crippen LogP contribution in [-0.4, -0.2) is 41.3 Å². The highest BCUT2D eigenvalue weighted by Crippen LogP contribution is 2.22. The number of amides is 2. The zero-order valence-electron chi connectivity index (χ0n) is 16.3. The minimum absolute atomic E-state index is 0.139. The fourth-order valence-corrected chi connectivity index (χ4v) is 3.54. The summed E-state index contributed by atoms with van der Waals surface area (Å²) in [7, 11) is 0. The average Bonchev–Trinajstić information content (AvgIpc) is 2.96. The lowest BCUT2D eigenvalue weighted by atomic mass is 10.0. The van der Waals surface area contributed by atoms with Gasteiger partial charge >= 0.3 is 0 Å². The Morgan fingerprint density at radius 2 is 1.81 bits per heavy atom. The molecule has 2 aromatic rings. The Morgan fingerprint density at radius 1 is 1.11 bits per heavy atom. The molecule has 144 valence electrons. The van der Waals surface area contributed by atoms with Gasteiger partial charge in [0, 0.05) is 37.1 Å². The number of hydrogen-bond donors (Lipinski definition) is 1. The third kappa shape index (κ3) is 4.85. The quantitative estimate of drug-likeness (QED) is 0.872. The molecule has 1 aliphatic rings. The highest BCUT2D eigenvalue weighted by Gasteiger charge is 2.17. The first-order valence-electron chi connectivity index (χ1n) is 10.0. The van der Waals surface area contributed by atoms with Crippen LogP contribution in [0.15, 0.2) is 30.3 Å². The van der Waals surface area contributed by atoms with Crippen LogP contribution in [0.1, 0.15) is 67.9 Å². The molecule has 0 radical (unpaired) electrons. The van der Waals surface area contributed by atoms with E-state index < -0.39 is 0 Å². The third-order valence-electron chi connectivity index (χ3n) is 5.16. The summed E-state index contributed by atoms with van der Waals surface area (Å²) in [4.78, 5) is 31.8. The van der Waals surface area contributed by atoms with E-state index in [0.717, 1.165) is 42.5 Å². The standard InChI is InChI=1S/C22H29N3O2/c1-16(2)20-15-18(17-9-5-6-10-19(17)24-20)22(27)23-12-11-21(26)25-13-7-3-4-8-14-25/h5-6,9-10,15-16H,3-4,7-8,11-14H2,1-2H3,(H,23,27). The van der Waals surface area contributed by atoms with Crippen molar-refractivity contribution in [3.8, 4) is 0 Å². The number of hydrogen-bond acceptors (Lipinski definition) is 3. The number of fused-ring (bicyclic) bond motifs is 1. The van der Waals surface area contributed by atoms with Crippen molar-refractivity contribution in [1.82, 2.24) is 15.2 Å². The minimum Gasteiger partial charge on any atom is -0.351 e. The zero-order valence-corrected chi connectivity index (χ0v) is 16.3. The van der Waals surface area contributed by atoms with Crippen LogP contribution in [0.3, 0.4) is 0 Å². The van der Waals surface area contributed by atoms with Gasteiger partial charge in [-0.2, -0.15) is 0 Å². The predicted octanol–water partition coefficient (Wildman–Crippen LogP) is 3.88. The summed E-state index contributed by atoms with van der Waals surface area (Å²) in [5.74, 6) is 0.240. The summed E-state index contributed by atoms with van der Waals surface area (Å²) in [5.41, 5.74) is 2.36. The maximum Gasteiger partial charge on any atom is 0.252 e. The lowest BCUT2D eigenvalue weighted by Gasteiger charge is -2.20. The maximum atomic E-state index is 12.8. The van der Waals surface area contributed by atoms with Gasteiger partial charge in [-0.05, 0) is 30.9 Å². The summed E-state index contributed by atoms with van der Waals surface area (Å²) in [5, 5.41) is 3.77. The number of pyridine rings is 1. The van der Waals surface area contributed by atoms with Crippen molar-refractivity contribution < 1.29 is 9.59 Å². The molecule has 2 heterocycles. The lowest BCUT2D eigenvalue weighted by molar-refractivity contribution is -0.131. The van der Waals surface area contributed by atoms with Crippen molar-refractivity contribution in [3.05, 3.63) is 41.6 Å². The van der Waals surface area contributed by atoms with E-state index in [1.807, 2.05) is 35.2 Å². The minimum atomic E-state index is -0.140. The first-order chi connectivity index (χ1) is 13.1. The molecule has 5 nitrogen and oxygen atoms in total. The van der Waals surface area contributed by atoms with Crippen molar-refractivity contribution in [2.45, 2.75) is 51.9 Å². The van der Waals surface area contributed by atoms with Gasteiger partial charge in [-0.15, -0.1) is 0 Å². The topological polar surface area (TPSA) is 62.3 Å². The number of aromatic nitrogens is 1. The van der Waals surface area contributed by atoms with Crippen LogP contribution < -0.4 is 5.32 Å². The number of nitrogens with zero attached hydrogens (tertiary/aromatic N) is 2. The number of nitrogens with one attached hydrogen (secondary N) is 1. The molecular weight excluding hydrogens is 338 g/mol. The second-order valence-corrected chi connectivity index (χ2v) is 7.57. The summed E-state index contributed by atoms with van der Waals surface area (Å²) in [6.45, 7) is 6.19. The van der Waals surface area contributed by atoms with E-state index in [1.165, 1.54) is 12.8 Å². The van der Waals surface area contributed by atoms with Gasteiger partial charge in [0.25, 0.3) is 5.91 Å². The molecule has 0 bridgehead atoms. The second kappa shape index (κ2) is 8.98. The Bertz CT molecular complexity index is 808. The van der Waals surface area contributed by atoms with Crippen molar-refractivity contribution >= 4 is 22.7 Å². The monoisotopic (exact) mass is 367 g/mol. The molecule has 1 N–H and O–H groups in total. The largest absolute Gasteiger partial charge is 0.351 e. The molecule has 0 atom stereocenters. The van der Waals surface area contributed by atoms with Gasteiger partial charge in [-0.1, -0.05) is 44.9 Å². The predicted molar refractivity (Wildman–Crippen MR) is 108 cm³/mol. The molecule has 0 unspecified atom stereocenters. The number of para-hydroxylation sites is 1. The van der Waals surface area contributed by atoms with Gasteiger partial charge in [0.05, 0.1) is 11.1 Å². The average molecular weight is 367 g/mol. The number of benzene rings is 1. The molecule has 27 heavy (non-hydrogen) atoms. The summed E-state index contributed by atoms with van der Waals surface area (Å²) < 4.78 is 0. The van der Waals surface area contributed by atoms with E-state index in [9.17, 15) is 9.59 Å². The normalized spacial score (nSPS) is 15.0. The number of carbonyl (C=O) groups excluding carboxylic acids is 2. The van der Waals surface area contributed by atoms with Crippen molar-refractivity contribution in [2.24, 2.45) is 0 Å². The van der Waals surface area contributed by atoms with E-state index in [1.54, 1.807) is 0 Å². The molecular formula is C22H29N3O2. The van der Waals surface area contributed by atoms with E-state index in [0.29, 0.717) is 18.5 Å².